The first-order valence-electron chi connectivity index (χ1n) is 12.7. The molecule has 2 rings (SSSR count). The number of nitrogens with two attached hydrogens (primary N) is 1. The molecule has 0 atom stereocenters. The molecule has 1 aromatic carbocycles. The summed E-state index contributed by atoms with van der Waals surface area (Å²) in [7, 11) is 0. The molecule has 0 radical (unpaired) electrons. The minimum Gasteiger partial charge on any atom is -0.371 e. The zero-order valence-corrected chi connectivity index (χ0v) is 20.8. The Morgan fingerprint density at radius 1 is 0.939 bits per heavy atom. The molecule has 7 heteroatoms. The Morgan fingerprint density at radius 2 is 1.67 bits per heavy atom. The molecule has 1 heterocycles. The molecule has 0 saturated carbocycles. The number of nitrogens with zero attached hydrogens (tertiary/aromatic N) is 6. The van der Waals surface area contributed by atoms with Gasteiger partial charge in [0.2, 0.25) is 0 Å². The van der Waals surface area contributed by atoms with E-state index in [0.717, 1.165) is 70.0 Å². The number of anilines is 1. The third kappa shape index (κ3) is 9.46. The molecule has 2 aromatic rings. The lowest BCUT2D eigenvalue weighted by Gasteiger charge is -2.24. The number of aliphatic imine (C=N–C) groups is 1. The van der Waals surface area contributed by atoms with Gasteiger partial charge in [-0.25, -0.2) is 9.13 Å². The molecule has 7 nitrogen and oxygen atoms in total. The molecule has 0 aliphatic heterocycles. The molecular formula is C26H44N7+. The van der Waals surface area contributed by atoms with Gasteiger partial charge in [-0.05, 0) is 63.2 Å². The van der Waals surface area contributed by atoms with Crippen LogP contribution in [0, 0.1) is 0 Å². The maximum atomic E-state index is 5.73. The normalized spacial score (nSPS) is 11.4. The van der Waals surface area contributed by atoms with Crippen LogP contribution < -0.4 is 15.2 Å². The first-order chi connectivity index (χ1) is 16.2. The molecule has 0 spiro atoms. The number of imidazole rings is 1. The van der Waals surface area contributed by atoms with Crippen molar-refractivity contribution in [3.63, 3.8) is 0 Å². The van der Waals surface area contributed by atoms with Gasteiger partial charge >= 0.3 is 5.95 Å². The Bertz CT molecular complexity index is 783. The Labute approximate surface area is 200 Å². The van der Waals surface area contributed by atoms with Gasteiger partial charge in [0.05, 0.1) is 25.5 Å². The summed E-state index contributed by atoms with van der Waals surface area (Å²) in [5.41, 5.74) is 7.79. The van der Waals surface area contributed by atoms with E-state index in [1.165, 1.54) is 31.4 Å². The van der Waals surface area contributed by atoms with Gasteiger partial charge in [-0.3, -0.25) is 0 Å². The van der Waals surface area contributed by atoms with E-state index in [9.17, 15) is 0 Å². The smallest absolute Gasteiger partial charge is 0.371 e. The fourth-order valence-corrected chi connectivity index (χ4v) is 3.85. The van der Waals surface area contributed by atoms with Crippen LogP contribution in [0.25, 0.3) is 0 Å². The van der Waals surface area contributed by atoms with Crippen LogP contribution in [0.5, 0.6) is 0 Å². The van der Waals surface area contributed by atoms with Gasteiger partial charge < -0.3 is 15.6 Å². The van der Waals surface area contributed by atoms with E-state index >= 15 is 0 Å². The summed E-state index contributed by atoms with van der Waals surface area (Å²) in [6.45, 7) is 13.4. The summed E-state index contributed by atoms with van der Waals surface area (Å²) < 4.78 is 4.48. The molecule has 182 valence electrons. The molecule has 33 heavy (non-hydrogen) atoms. The Balaban J connectivity index is 2.12. The number of azo groups is 1. The number of aromatic nitrogens is 2. The summed E-state index contributed by atoms with van der Waals surface area (Å²) in [6.07, 6.45) is 13.5. The zero-order chi connectivity index (χ0) is 23.7. The van der Waals surface area contributed by atoms with E-state index in [1.807, 2.05) is 12.1 Å². The third-order valence-electron chi connectivity index (χ3n) is 5.79. The Morgan fingerprint density at radius 3 is 2.36 bits per heavy atom. The predicted molar refractivity (Wildman–Crippen MR) is 139 cm³/mol. The van der Waals surface area contributed by atoms with Crippen LogP contribution in [0.3, 0.4) is 0 Å². The van der Waals surface area contributed by atoms with Crippen LogP contribution in [0.2, 0.25) is 0 Å². The quantitative estimate of drug-likeness (QED) is 0.133. The fourth-order valence-electron chi connectivity index (χ4n) is 3.85. The van der Waals surface area contributed by atoms with Crippen molar-refractivity contribution in [1.29, 1.82) is 0 Å². The van der Waals surface area contributed by atoms with E-state index in [-0.39, 0.29) is 0 Å². The highest BCUT2D eigenvalue weighted by molar-refractivity contribution is 5.52. The molecule has 1 aromatic heterocycles. The van der Waals surface area contributed by atoms with Gasteiger partial charge in [0.25, 0.3) is 0 Å². The molecular weight excluding hydrogens is 410 g/mol. The van der Waals surface area contributed by atoms with Gasteiger partial charge in [-0.2, -0.15) is 0 Å². The number of aryl methyl sites for hydroxylation is 2. The highest BCUT2D eigenvalue weighted by atomic mass is 15.3. The van der Waals surface area contributed by atoms with Crippen molar-refractivity contribution in [2.24, 2.45) is 21.0 Å². The zero-order valence-electron chi connectivity index (χ0n) is 20.8. The number of unbranched alkanes of at least 4 members (excludes halogenated alkanes) is 4. The van der Waals surface area contributed by atoms with Crippen molar-refractivity contribution in [3.8, 4) is 0 Å². The van der Waals surface area contributed by atoms with Crippen LogP contribution in [0.4, 0.5) is 17.3 Å². The van der Waals surface area contributed by atoms with Crippen LogP contribution in [-0.4, -0.2) is 37.5 Å². The summed E-state index contributed by atoms with van der Waals surface area (Å²) in [5, 5.41) is 9.27. The lowest BCUT2D eigenvalue weighted by atomic mass is 10.2. The van der Waals surface area contributed by atoms with E-state index in [1.54, 1.807) is 0 Å². The molecule has 0 amide bonds. The largest absolute Gasteiger partial charge is 0.421 e. The minimum absolute atomic E-state index is 0.693. The maximum absolute atomic E-state index is 5.73. The highest BCUT2D eigenvalue weighted by Crippen LogP contribution is 2.22. The highest BCUT2D eigenvalue weighted by Gasteiger charge is 2.17. The average molecular weight is 455 g/mol. The molecule has 0 fully saturated rings. The number of hydrogen-bond donors (Lipinski definition) is 1. The first-order valence-corrected chi connectivity index (χ1v) is 12.7. The molecule has 2 N–H and O–H groups in total. The van der Waals surface area contributed by atoms with Crippen molar-refractivity contribution in [3.05, 3.63) is 36.7 Å². The monoisotopic (exact) mass is 454 g/mol. The van der Waals surface area contributed by atoms with E-state index < -0.39 is 0 Å². The summed E-state index contributed by atoms with van der Waals surface area (Å²) in [6, 6.07) is 8.35. The van der Waals surface area contributed by atoms with Gasteiger partial charge in [0, 0.05) is 30.4 Å². The van der Waals surface area contributed by atoms with Crippen molar-refractivity contribution < 1.29 is 4.57 Å². The van der Waals surface area contributed by atoms with Crippen LogP contribution >= 0.6 is 0 Å². The average Bonchev–Trinajstić information content (AvgIpc) is 3.22. The van der Waals surface area contributed by atoms with E-state index in [4.69, 9.17) is 5.73 Å². The SMILES string of the molecule is C=NCCCN(CCCN)c1ccc(N=Nc2n(CCCCC)cc[n+]2CCCCC)cc1. The predicted octanol–water partition coefficient (Wildman–Crippen LogP) is 5.82. The van der Waals surface area contributed by atoms with E-state index in [0.29, 0.717) is 6.54 Å². The molecule has 0 unspecified atom stereocenters. The van der Waals surface area contributed by atoms with Crippen molar-refractivity contribution >= 4 is 24.0 Å². The van der Waals surface area contributed by atoms with Crippen molar-refractivity contribution in [1.82, 2.24) is 4.57 Å². The molecule has 0 bridgehead atoms. The van der Waals surface area contributed by atoms with Crippen molar-refractivity contribution in [2.75, 3.05) is 31.1 Å². The lowest BCUT2D eigenvalue weighted by Crippen LogP contribution is -2.32. The summed E-state index contributed by atoms with van der Waals surface area (Å²) in [5.74, 6) is 0.938. The van der Waals surface area contributed by atoms with Crippen LogP contribution in [0.15, 0.2) is 51.9 Å². The Kier molecular flexibility index (Phi) is 13.1. The second kappa shape index (κ2) is 16.1. The van der Waals surface area contributed by atoms with Crippen molar-refractivity contribution in [2.45, 2.75) is 78.3 Å². The Hall–Kier alpha value is -2.54. The molecule has 0 aliphatic rings. The fraction of sp³-hybridized carbons (Fsp3) is 0.615. The standard InChI is InChI=1S/C26H44N7/c1-4-6-8-18-32-22-23-33(19-9-7-5-2)26(32)30-29-24-12-14-25(15-13-24)31(20-10-16-27)21-11-17-28-3/h12-15,22-23H,3-11,16-21,27H2,1-2H3/q+1. The molecule has 0 aliphatic carbocycles. The number of benzene rings is 1. The van der Waals surface area contributed by atoms with Crippen LogP contribution in [0.1, 0.15) is 65.2 Å². The van der Waals surface area contributed by atoms with Gasteiger partial charge in [0.15, 0.2) is 0 Å². The number of rotatable bonds is 18. The summed E-state index contributed by atoms with van der Waals surface area (Å²) in [4.78, 5) is 6.33. The minimum atomic E-state index is 0.693. The topological polar surface area (TPSA) is 75.2 Å². The first kappa shape index (κ1) is 26.7. The van der Waals surface area contributed by atoms with Crippen LogP contribution in [-0.2, 0) is 13.1 Å². The number of hydrogen-bond acceptors (Lipinski definition) is 5. The van der Waals surface area contributed by atoms with Gasteiger partial charge in [-0.1, -0.05) is 44.6 Å². The van der Waals surface area contributed by atoms with E-state index in [2.05, 4.69) is 74.3 Å². The summed E-state index contributed by atoms with van der Waals surface area (Å²) >= 11 is 0. The second-order valence-electron chi connectivity index (χ2n) is 8.55. The third-order valence-corrected chi connectivity index (χ3v) is 5.79. The molecule has 0 saturated heterocycles. The maximum Gasteiger partial charge on any atom is 0.421 e. The van der Waals surface area contributed by atoms with Gasteiger partial charge in [0.1, 0.15) is 5.69 Å². The lowest BCUT2D eigenvalue weighted by molar-refractivity contribution is -0.684. The second-order valence-corrected chi connectivity index (χ2v) is 8.55. The van der Waals surface area contributed by atoms with Gasteiger partial charge in [-0.15, -0.1) is 0 Å².